The Bertz CT molecular complexity index is 542. The predicted molar refractivity (Wildman–Crippen MR) is 85.9 cm³/mol. The van der Waals surface area contributed by atoms with Crippen LogP contribution in [0.1, 0.15) is 58.8 Å². The zero-order valence-electron chi connectivity index (χ0n) is 14.1. The number of piperidine rings is 1. The number of fused-ring (bicyclic) bond motifs is 5. The van der Waals surface area contributed by atoms with Gasteiger partial charge in [0.15, 0.2) is 5.78 Å². The van der Waals surface area contributed by atoms with Gasteiger partial charge in [-0.2, -0.15) is 0 Å². The summed E-state index contributed by atoms with van der Waals surface area (Å²) in [6, 6.07) is 0. The van der Waals surface area contributed by atoms with E-state index in [1.807, 2.05) is 18.0 Å². The van der Waals surface area contributed by atoms with E-state index in [-0.39, 0.29) is 11.2 Å². The second kappa shape index (κ2) is 4.59. The molecule has 3 aliphatic carbocycles. The minimum atomic E-state index is -0.419. The van der Waals surface area contributed by atoms with E-state index in [2.05, 4.69) is 13.8 Å². The molecule has 0 aromatic rings. The van der Waals surface area contributed by atoms with Crippen LogP contribution in [0.25, 0.3) is 0 Å². The Morgan fingerprint density at radius 2 is 1.95 bits per heavy atom. The number of likely N-dealkylation sites (tertiary alicyclic amines) is 1. The van der Waals surface area contributed by atoms with Crippen molar-refractivity contribution in [3.8, 4) is 0 Å². The van der Waals surface area contributed by atoms with E-state index in [9.17, 15) is 9.90 Å². The third-order valence-corrected chi connectivity index (χ3v) is 7.83. The molecule has 1 saturated heterocycles. The largest absolute Gasteiger partial charge is 0.373 e. The summed E-state index contributed by atoms with van der Waals surface area (Å²) in [5.41, 5.74) is 1.61. The third kappa shape index (κ3) is 1.75. The number of hydrogen-bond donors (Lipinski definition) is 1. The van der Waals surface area contributed by atoms with Gasteiger partial charge < -0.3 is 10.0 Å². The molecule has 1 unspecified atom stereocenters. The molecule has 2 saturated carbocycles. The maximum absolute atomic E-state index is 11.9. The summed E-state index contributed by atoms with van der Waals surface area (Å²) in [4.78, 5) is 14.0. The van der Waals surface area contributed by atoms with Crippen molar-refractivity contribution >= 4 is 5.78 Å². The van der Waals surface area contributed by atoms with Crippen LogP contribution >= 0.6 is 0 Å². The highest BCUT2D eigenvalue weighted by Crippen LogP contribution is 2.64. The second-order valence-electron chi connectivity index (χ2n) is 8.81. The van der Waals surface area contributed by atoms with E-state index in [1.165, 1.54) is 32.1 Å². The highest BCUT2D eigenvalue weighted by Gasteiger charge is 2.60. The Morgan fingerprint density at radius 3 is 2.73 bits per heavy atom. The predicted octanol–water partition coefficient (Wildman–Crippen LogP) is 3.34. The zero-order valence-corrected chi connectivity index (χ0v) is 14.1. The highest BCUT2D eigenvalue weighted by atomic mass is 16.3. The summed E-state index contributed by atoms with van der Waals surface area (Å²) in [6.45, 7) is 4.80. The number of ketones is 1. The van der Waals surface area contributed by atoms with E-state index < -0.39 is 6.23 Å². The lowest BCUT2D eigenvalue weighted by atomic mass is 9.50. The summed E-state index contributed by atoms with van der Waals surface area (Å²) >= 11 is 0. The number of aliphatic hydroxyl groups is 1. The molecule has 0 bridgehead atoms. The molecule has 1 aliphatic heterocycles. The molecule has 3 nitrogen and oxygen atoms in total. The molecule has 0 amide bonds. The fraction of sp³-hybridized carbons (Fsp3) is 0.842. The van der Waals surface area contributed by atoms with Crippen LogP contribution < -0.4 is 0 Å². The van der Waals surface area contributed by atoms with Gasteiger partial charge in [-0.25, -0.2) is 0 Å². The molecule has 4 rings (SSSR count). The molecule has 0 aromatic heterocycles. The molecule has 0 radical (unpaired) electrons. The smallest absolute Gasteiger partial charge is 0.157 e. The maximum Gasteiger partial charge on any atom is 0.157 e. The standard InChI is InChI=1S/C19H29NO2/c1-18-8-4-5-13(18)16-14(7-9-18)19(2)10-6-12(21)11-15(19)20(3)17(16)22/h11,13-14,16-17,22H,4-10H2,1-3H3/t13-,14-,16-,17?,18-,19+/m0/s1. The molecule has 0 spiro atoms. The first kappa shape index (κ1) is 14.7. The van der Waals surface area contributed by atoms with Crippen molar-refractivity contribution < 1.29 is 9.90 Å². The van der Waals surface area contributed by atoms with E-state index in [0.29, 0.717) is 29.6 Å². The number of carbonyl (C=O) groups excluding carboxylic acids is 1. The van der Waals surface area contributed by atoms with Gasteiger partial charge in [0.1, 0.15) is 6.23 Å². The number of carbonyl (C=O) groups is 1. The first-order chi connectivity index (χ1) is 10.4. The van der Waals surface area contributed by atoms with E-state index in [1.54, 1.807) is 0 Å². The van der Waals surface area contributed by atoms with Crippen molar-refractivity contribution in [3.63, 3.8) is 0 Å². The zero-order chi connectivity index (χ0) is 15.7. The van der Waals surface area contributed by atoms with Gasteiger partial charge >= 0.3 is 0 Å². The number of allylic oxidation sites excluding steroid dienone is 2. The molecule has 1 N–H and O–H groups in total. The molecule has 122 valence electrons. The van der Waals surface area contributed by atoms with Crippen molar-refractivity contribution in [2.45, 2.75) is 65.0 Å². The fourth-order valence-corrected chi connectivity index (χ4v) is 6.53. The molecular formula is C19H29NO2. The SMILES string of the molecule is CN1C2=CC(=O)CC[C@]2(C)[C@H]2CC[C@]3(C)CCC[C@H]3[C@@H]2C1O. The minimum absolute atomic E-state index is 0.0798. The van der Waals surface area contributed by atoms with Crippen molar-refractivity contribution in [2.24, 2.45) is 28.6 Å². The summed E-state index contributed by atoms with van der Waals surface area (Å²) < 4.78 is 0. The molecule has 22 heavy (non-hydrogen) atoms. The molecule has 6 atom stereocenters. The Kier molecular flexibility index (Phi) is 3.08. The second-order valence-corrected chi connectivity index (χ2v) is 8.81. The Labute approximate surface area is 133 Å². The number of nitrogens with zero attached hydrogens (tertiary/aromatic N) is 1. The Balaban J connectivity index is 1.78. The van der Waals surface area contributed by atoms with Crippen molar-refractivity contribution in [2.75, 3.05) is 7.05 Å². The number of rotatable bonds is 0. The van der Waals surface area contributed by atoms with E-state index in [4.69, 9.17) is 0 Å². The monoisotopic (exact) mass is 303 g/mol. The molecule has 1 heterocycles. The van der Waals surface area contributed by atoms with Crippen molar-refractivity contribution in [1.82, 2.24) is 4.90 Å². The lowest BCUT2D eigenvalue weighted by molar-refractivity contribution is -0.162. The van der Waals surface area contributed by atoms with Gasteiger partial charge in [-0.05, 0) is 49.4 Å². The van der Waals surface area contributed by atoms with Crippen LogP contribution in [-0.2, 0) is 4.79 Å². The molecule has 0 aromatic carbocycles. The third-order valence-electron chi connectivity index (χ3n) is 7.83. The van der Waals surface area contributed by atoms with Gasteiger partial charge in [-0.1, -0.05) is 20.3 Å². The molecule has 3 fully saturated rings. The highest BCUT2D eigenvalue weighted by molar-refractivity contribution is 5.91. The van der Waals surface area contributed by atoms with Gasteiger partial charge in [0.25, 0.3) is 0 Å². The molecule has 4 aliphatic rings. The number of aliphatic hydroxyl groups excluding tert-OH is 1. The Hall–Kier alpha value is -0.830. The van der Waals surface area contributed by atoms with Crippen molar-refractivity contribution in [3.05, 3.63) is 11.8 Å². The van der Waals surface area contributed by atoms with Crippen LogP contribution in [-0.4, -0.2) is 29.1 Å². The average molecular weight is 303 g/mol. The Morgan fingerprint density at radius 1 is 1.18 bits per heavy atom. The first-order valence-electron chi connectivity index (χ1n) is 9.03. The lowest BCUT2D eigenvalue weighted by Gasteiger charge is -2.61. The normalized spacial score (nSPS) is 51.0. The van der Waals surface area contributed by atoms with Gasteiger partial charge in [-0.15, -0.1) is 0 Å². The van der Waals surface area contributed by atoms with Gasteiger partial charge in [0.2, 0.25) is 0 Å². The topological polar surface area (TPSA) is 40.5 Å². The van der Waals surface area contributed by atoms with Crippen LogP contribution in [0, 0.1) is 28.6 Å². The van der Waals surface area contributed by atoms with Gasteiger partial charge in [0.05, 0.1) is 0 Å². The summed E-state index contributed by atoms with van der Waals surface area (Å²) in [6.07, 6.45) is 9.47. The van der Waals surface area contributed by atoms with Crippen LogP contribution in [0.4, 0.5) is 0 Å². The van der Waals surface area contributed by atoms with Gasteiger partial charge in [-0.3, -0.25) is 4.79 Å². The summed E-state index contributed by atoms with van der Waals surface area (Å²) in [7, 11) is 1.99. The minimum Gasteiger partial charge on any atom is -0.373 e. The van der Waals surface area contributed by atoms with Gasteiger partial charge in [0, 0.05) is 36.6 Å². The van der Waals surface area contributed by atoms with Crippen LogP contribution in [0.2, 0.25) is 0 Å². The summed E-state index contributed by atoms with van der Waals surface area (Å²) in [5.74, 6) is 1.79. The fourth-order valence-electron chi connectivity index (χ4n) is 6.53. The van der Waals surface area contributed by atoms with E-state index >= 15 is 0 Å². The molecule has 3 heteroatoms. The maximum atomic E-state index is 11.9. The van der Waals surface area contributed by atoms with Crippen LogP contribution in [0.3, 0.4) is 0 Å². The summed E-state index contributed by atoms with van der Waals surface area (Å²) in [5, 5.41) is 11.0. The lowest BCUT2D eigenvalue weighted by Crippen LogP contribution is -2.60. The van der Waals surface area contributed by atoms with E-state index in [0.717, 1.165) is 12.1 Å². The van der Waals surface area contributed by atoms with Crippen LogP contribution in [0.5, 0.6) is 0 Å². The number of hydrogen-bond acceptors (Lipinski definition) is 3. The molecular weight excluding hydrogens is 274 g/mol. The first-order valence-corrected chi connectivity index (χ1v) is 9.03. The van der Waals surface area contributed by atoms with Crippen LogP contribution in [0.15, 0.2) is 11.8 Å². The average Bonchev–Trinajstić information content (AvgIpc) is 2.88. The quantitative estimate of drug-likeness (QED) is 0.746. The van der Waals surface area contributed by atoms with Crippen molar-refractivity contribution in [1.29, 1.82) is 0 Å².